The van der Waals surface area contributed by atoms with Gasteiger partial charge in [0.1, 0.15) is 11.3 Å². The molecule has 12 heteroatoms. The van der Waals surface area contributed by atoms with Gasteiger partial charge in [0.2, 0.25) is 17.8 Å². The van der Waals surface area contributed by atoms with Crippen LogP contribution in [-0.4, -0.2) is 82.8 Å². The van der Waals surface area contributed by atoms with Crippen molar-refractivity contribution in [3.05, 3.63) is 54.3 Å². The summed E-state index contributed by atoms with van der Waals surface area (Å²) < 4.78 is 7.65. The summed E-state index contributed by atoms with van der Waals surface area (Å²) in [6.07, 6.45) is 28.9. The fraction of sp³-hybridized carbons (Fsp3) is 0.614. The van der Waals surface area contributed by atoms with Gasteiger partial charge in [0.15, 0.2) is 11.3 Å². The molecule has 0 unspecified atom stereocenters. The molecule has 0 spiro atoms. The first-order valence-electron chi connectivity index (χ1n) is 21.4. The van der Waals surface area contributed by atoms with Crippen molar-refractivity contribution in [2.45, 2.75) is 130 Å². The fourth-order valence-corrected chi connectivity index (χ4v) is 6.99. The molecule has 3 aromatic rings. The van der Waals surface area contributed by atoms with Gasteiger partial charge >= 0.3 is 0 Å². The van der Waals surface area contributed by atoms with Gasteiger partial charge in [-0.15, -0.1) is 0 Å². The molecule has 4 rings (SSSR count). The second kappa shape index (κ2) is 25.5. The Hall–Kier alpha value is -4.61. The molecule has 0 aliphatic carbocycles. The number of anilines is 3. The zero-order valence-electron chi connectivity index (χ0n) is 34.6. The lowest BCUT2D eigenvalue weighted by molar-refractivity contribution is -0.131. The van der Waals surface area contributed by atoms with Crippen LogP contribution in [0.15, 0.2) is 48.7 Å². The molecule has 1 aliphatic heterocycles. The van der Waals surface area contributed by atoms with Gasteiger partial charge in [0.25, 0.3) is 0 Å². The van der Waals surface area contributed by atoms with E-state index in [0.717, 1.165) is 88.0 Å². The van der Waals surface area contributed by atoms with Gasteiger partial charge < -0.3 is 30.9 Å². The summed E-state index contributed by atoms with van der Waals surface area (Å²) in [5.41, 5.74) is 9.44. The third kappa shape index (κ3) is 15.5. The molecule has 0 atom stereocenters. The molecule has 0 bridgehead atoms. The summed E-state index contributed by atoms with van der Waals surface area (Å²) in [5, 5.41) is 11.1. The second-order valence-corrected chi connectivity index (χ2v) is 14.9. The molecule has 0 saturated carbocycles. The minimum Gasteiger partial charge on any atom is -0.496 e. The molecule has 2 amide bonds. The summed E-state index contributed by atoms with van der Waals surface area (Å²) >= 11 is 0. The topological polar surface area (TPSA) is 144 Å². The molecule has 12 nitrogen and oxygen atoms in total. The van der Waals surface area contributed by atoms with Gasteiger partial charge in [-0.1, -0.05) is 82.7 Å². The van der Waals surface area contributed by atoms with Crippen molar-refractivity contribution in [3.63, 3.8) is 0 Å². The Kier molecular flexibility index (Phi) is 20.1. The van der Waals surface area contributed by atoms with Crippen LogP contribution in [0.25, 0.3) is 11.0 Å². The number of allylic oxidation sites excluding steroid dienone is 4. The number of nitrogens with zero attached hydrogens (tertiary/aromatic N) is 6. The minimum atomic E-state index is 0.127. The number of hydrogen-bond acceptors (Lipinski definition) is 9. The maximum Gasteiger partial charge on any atom is 0.222 e. The number of nitrogen functional groups attached to an aromatic ring is 1. The average Bonchev–Trinajstić information content (AvgIpc) is 3.61. The van der Waals surface area contributed by atoms with Gasteiger partial charge in [0.05, 0.1) is 19.9 Å². The van der Waals surface area contributed by atoms with E-state index in [1.54, 1.807) is 7.11 Å². The van der Waals surface area contributed by atoms with E-state index in [1.807, 2.05) is 15.8 Å². The molecule has 1 fully saturated rings. The molecular weight excluding hydrogens is 703 g/mol. The number of amides is 2. The Balaban J connectivity index is 1.06. The van der Waals surface area contributed by atoms with E-state index in [-0.39, 0.29) is 17.8 Å². The van der Waals surface area contributed by atoms with E-state index in [9.17, 15) is 9.59 Å². The zero-order valence-corrected chi connectivity index (χ0v) is 34.6. The van der Waals surface area contributed by atoms with E-state index >= 15 is 0 Å². The first-order valence-corrected chi connectivity index (χ1v) is 21.4. The minimum absolute atomic E-state index is 0.127. The number of carbonyl (C=O) groups excluding carboxylic acids is 2. The molecule has 1 aliphatic rings. The number of fused-ring (bicyclic) bond motifs is 1. The normalized spacial score (nSPS) is 13.3. The summed E-state index contributed by atoms with van der Waals surface area (Å²) in [5.74, 6) is 1.98. The molecule has 1 aromatic carbocycles. The number of nitrogens with one attached hydrogen (secondary N) is 2. The summed E-state index contributed by atoms with van der Waals surface area (Å²) in [6.45, 7) is 9.22. The van der Waals surface area contributed by atoms with E-state index in [2.05, 4.69) is 81.9 Å². The highest BCUT2D eigenvalue weighted by Crippen LogP contribution is 2.28. The van der Waals surface area contributed by atoms with Crippen molar-refractivity contribution >= 4 is 40.3 Å². The number of rotatable bonds is 27. The third-order valence-electron chi connectivity index (χ3n) is 10.3. The first kappa shape index (κ1) is 44.1. The molecule has 56 heavy (non-hydrogen) atoms. The van der Waals surface area contributed by atoms with Crippen LogP contribution in [0.1, 0.15) is 129 Å². The number of piperazine rings is 1. The zero-order chi connectivity index (χ0) is 39.8. The van der Waals surface area contributed by atoms with Crippen LogP contribution in [0.5, 0.6) is 5.75 Å². The number of nitrogens with two attached hydrogens (primary N) is 1. The molecule has 2 aromatic heterocycles. The van der Waals surface area contributed by atoms with Crippen molar-refractivity contribution in [1.29, 1.82) is 0 Å². The monoisotopic (exact) mass is 772 g/mol. The van der Waals surface area contributed by atoms with Crippen LogP contribution in [0.3, 0.4) is 0 Å². The predicted octanol–water partition coefficient (Wildman–Crippen LogP) is 8.43. The first-order chi connectivity index (χ1) is 27.4. The largest absolute Gasteiger partial charge is 0.496 e. The van der Waals surface area contributed by atoms with Crippen molar-refractivity contribution < 1.29 is 14.3 Å². The van der Waals surface area contributed by atoms with Crippen LogP contribution in [0.4, 0.5) is 17.5 Å². The lowest BCUT2D eigenvalue weighted by Crippen LogP contribution is -2.48. The van der Waals surface area contributed by atoms with Crippen LogP contribution in [-0.2, 0) is 16.1 Å². The van der Waals surface area contributed by atoms with Crippen LogP contribution >= 0.6 is 0 Å². The van der Waals surface area contributed by atoms with Gasteiger partial charge in [-0.05, 0) is 63.9 Å². The van der Waals surface area contributed by atoms with Crippen LogP contribution < -0.4 is 26.0 Å². The number of ether oxygens (including phenoxy) is 1. The summed E-state index contributed by atoms with van der Waals surface area (Å²) in [6, 6.07) is 6.25. The summed E-state index contributed by atoms with van der Waals surface area (Å²) in [4.78, 5) is 38.3. The molecule has 1 saturated heterocycles. The Labute approximate surface area is 335 Å². The molecule has 4 N–H and O–H groups in total. The fourth-order valence-electron chi connectivity index (χ4n) is 6.99. The lowest BCUT2D eigenvalue weighted by atomic mass is 10.1. The number of carbonyl (C=O) groups is 2. The molecular formula is C44H69N9O3. The predicted molar refractivity (Wildman–Crippen MR) is 230 cm³/mol. The number of hydrogen-bond donors (Lipinski definition) is 3. The van der Waals surface area contributed by atoms with Crippen LogP contribution in [0.2, 0.25) is 0 Å². The van der Waals surface area contributed by atoms with Crippen molar-refractivity contribution in [3.8, 4) is 5.75 Å². The van der Waals surface area contributed by atoms with Gasteiger partial charge in [0, 0.05) is 69.4 Å². The Bertz CT molecular complexity index is 1660. The molecule has 3 heterocycles. The SMILES string of the molecule is CCCCCC=CCC=CCCCCCCCC(=O)NCCCCC(=O)N1CCN(c2ccc(Cn3cc4nc(N)nc(NCCCC)c4n3)c(OC)c2)CC1. The van der Waals surface area contributed by atoms with Gasteiger partial charge in [-0.3, -0.25) is 14.3 Å². The highest BCUT2D eigenvalue weighted by atomic mass is 16.5. The molecule has 308 valence electrons. The smallest absolute Gasteiger partial charge is 0.222 e. The highest BCUT2D eigenvalue weighted by molar-refractivity contribution is 5.85. The van der Waals surface area contributed by atoms with E-state index in [0.29, 0.717) is 55.9 Å². The average molecular weight is 772 g/mol. The van der Waals surface area contributed by atoms with E-state index in [4.69, 9.17) is 15.6 Å². The van der Waals surface area contributed by atoms with Gasteiger partial charge in [-0.25, -0.2) is 4.98 Å². The van der Waals surface area contributed by atoms with E-state index < -0.39 is 0 Å². The van der Waals surface area contributed by atoms with Gasteiger partial charge in [-0.2, -0.15) is 10.1 Å². The molecule has 0 radical (unpaired) electrons. The number of aromatic nitrogens is 4. The Morgan fingerprint density at radius 2 is 1.54 bits per heavy atom. The number of benzene rings is 1. The third-order valence-corrected chi connectivity index (χ3v) is 10.3. The number of methoxy groups -OCH3 is 1. The Morgan fingerprint density at radius 1 is 0.821 bits per heavy atom. The maximum absolute atomic E-state index is 13.0. The quantitative estimate of drug-likeness (QED) is 0.0514. The second-order valence-electron chi connectivity index (χ2n) is 14.9. The highest BCUT2D eigenvalue weighted by Gasteiger charge is 2.22. The standard InChI is InChI=1S/C44H69N9O3/c1-4-6-8-9-10-11-12-13-14-15-16-17-18-19-20-23-40(54)46-28-22-21-24-41(55)52-31-29-51(30-32-52)37-26-25-36(39(33-37)56-3)34-53-35-38-42(50-53)43(47-27-7-5-2)49-44(45)48-38/h10-11,13-14,25-26,33,35H,4-9,12,15-24,27-32,34H2,1-3H3,(H,46,54)(H3,45,47,48,49). The van der Waals surface area contributed by atoms with Crippen molar-refractivity contribution in [2.75, 3.05) is 62.3 Å². The maximum atomic E-state index is 13.0. The van der Waals surface area contributed by atoms with Crippen LogP contribution in [0, 0.1) is 0 Å². The van der Waals surface area contributed by atoms with Crippen molar-refractivity contribution in [2.24, 2.45) is 0 Å². The van der Waals surface area contributed by atoms with E-state index in [1.165, 1.54) is 44.9 Å². The summed E-state index contributed by atoms with van der Waals surface area (Å²) in [7, 11) is 1.69. The Morgan fingerprint density at radius 3 is 2.29 bits per heavy atom. The lowest BCUT2D eigenvalue weighted by Gasteiger charge is -2.36. The van der Waals surface area contributed by atoms with Crippen molar-refractivity contribution in [1.82, 2.24) is 30.0 Å². The number of unbranched alkanes of at least 4 members (excludes halogenated alkanes) is 10.